The molecule has 0 fully saturated rings. The van der Waals surface area contributed by atoms with Crippen LogP contribution in [-0.2, 0) is 0 Å². The lowest BCUT2D eigenvalue weighted by molar-refractivity contribution is 0.669. The van der Waals surface area contributed by atoms with E-state index >= 15 is 0 Å². The maximum Gasteiger partial charge on any atom is 0.164 e. The lowest BCUT2D eigenvalue weighted by Crippen LogP contribution is -2.01. The molecule has 0 saturated heterocycles. The van der Waals surface area contributed by atoms with Crippen LogP contribution >= 0.6 is 0 Å². The van der Waals surface area contributed by atoms with Crippen LogP contribution in [0.5, 0.6) is 0 Å². The van der Waals surface area contributed by atoms with Gasteiger partial charge in [-0.15, -0.1) is 0 Å². The molecule has 262 valence electrons. The van der Waals surface area contributed by atoms with Gasteiger partial charge in [-0.1, -0.05) is 152 Å². The topological polar surface area (TPSA) is 56.7 Å². The fourth-order valence-electron chi connectivity index (χ4n) is 8.01. The maximum absolute atomic E-state index is 6.25. The largest absolute Gasteiger partial charge is 0.456 e. The molecule has 11 aromatic rings. The molecule has 3 aromatic heterocycles. The Morgan fingerprint density at radius 1 is 0.339 bits per heavy atom. The molecule has 0 amide bonds. The van der Waals surface area contributed by atoms with Gasteiger partial charge in [0.25, 0.3) is 0 Å². The number of nitrogens with zero attached hydrogens (tertiary/aromatic N) is 4. The van der Waals surface area contributed by atoms with Gasteiger partial charge in [0, 0.05) is 43.9 Å². The zero-order valence-corrected chi connectivity index (χ0v) is 30.2. The molecule has 0 aliphatic carbocycles. The highest BCUT2D eigenvalue weighted by Crippen LogP contribution is 2.40. The summed E-state index contributed by atoms with van der Waals surface area (Å²) < 4.78 is 8.59. The van der Waals surface area contributed by atoms with Crippen LogP contribution in [-0.4, -0.2) is 19.5 Å². The normalized spacial score (nSPS) is 11.6. The van der Waals surface area contributed by atoms with Gasteiger partial charge in [0.15, 0.2) is 17.5 Å². The molecule has 0 unspecified atom stereocenters. The van der Waals surface area contributed by atoms with Gasteiger partial charge in [-0.05, 0) is 64.7 Å². The molecule has 5 nitrogen and oxygen atoms in total. The van der Waals surface area contributed by atoms with Gasteiger partial charge >= 0.3 is 0 Å². The highest BCUT2D eigenvalue weighted by atomic mass is 16.3. The fourth-order valence-corrected chi connectivity index (χ4v) is 8.01. The van der Waals surface area contributed by atoms with Gasteiger partial charge in [0.05, 0.1) is 11.0 Å². The first-order chi connectivity index (χ1) is 27.7. The fraction of sp³-hybridized carbons (Fsp3) is 0. The van der Waals surface area contributed by atoms with Crippen LogP contribution in [0.15, 0.2) is 199 Å². The van der Waals surface area contributed by atoms with Gasteiger partial charge in [-0.2, -0.15) is 0 Å². The summed E-state index contributed by atoms with van der Waals surface area (Å²) in [6.07, 6.45) is 0. The second-order valence-corrected chi connectivity index (χ2v) is 14.0. The van der Waals surface area contributed by atoms with Gasteiger partial charge in [0.2, 0.25) is 0 Å². The third-order valence-electron chi connectivity index (χ3n) is 10.7. The zero-order valence-electron chi connectivity index (χ0n) is 30.2. The van der Waals surface area contributed by atoms with Crippen molar-refractivity contribution in [1.29, 1.82) is 0 Å². The van der Waals surface area contributed by atoms with Crippen molar-refractivity contribution in [3.05, 3.63) is 194 Å². The molecule has 11 rings (SSSR count). The van der Waals surface area contributed by atoms with Crippen LogP contribution in [0.2, 0.25) is 0 Å². The molecule has 3 heterocycles. The third-order valence-corrected chi connectivity index (χ3v) is 10.7. The third kappa shape index (κ3) is 5.37. The molecule has 0 N–H and O–H groups in total. The van der Waals surface area contributed by atoms with E-state index in [9.17, 15) is 0 Å². The van der Waals surface area contributed by atoms with Crippen LogP contribution in [0.3, 0.4) is 0 Å². The molecule has 0 atom stereocenters. The standard InChI is InChI=1S/C51H32N4O/c1-3-13-33(14-4-1)34-25-27-36(28-26-34)50-52-49(35-15-5-2-6-16-35)53-51(54-50)38-17-11-18-39(31-38)55-44-22-9-7-19-41(44)43-32-37(29-30-45(43)55)40-21-12-24-47-48(40)42-20-8-10-23-46(42)56-47/h1-32H. The van der Waals surface area contributed by atoms with Crippen LogP contribution in [0.4, 0.5) is 0 Å². The Kier molecular flexibility index (Phi) is 7.42. The highest BCUT2D eigenvalue weighted by molar-refractivity contribution is 6.15. The molecule has 0 bridgehead atoms. The monoisotopic (exact) mass is 716 g/mol. The van der Waals surface area contributed by atoms with E-state index in [1.54, 1.807) is 0 Å². The Hall–Kier alpha value is -7.63. The van der Waals surface area contributed by atoms with Crippen LogP contribution in [0.1, 0.15) is 0 Å². The minimum atomic E-state index is 0.617. The molecule has 0 spiro atoms. The van der Waals surface area contributed by atoms with Crippen molar-refractivity contribution in [3.8, 4) is 62.1 Å². The summed E-state index contributed by atoms with van der Waals surface area (Å²) in [5.41, 5.74) is 12.5. The van der Waals surface area contributed by atoms with Crippen LogP contribution < -0.4 is 0 Å². The van der Waals surface area contributed by atoms with E-state index in [2.05, 4.69) is 150 Å². The summed E-state index contributed by atoms with van der Waals surface area (Å²) in [6, 6.07) is 67.5. The van der Waals surface area contributed by atoms with E-state index in [-0.39, 0.29) is 0 Å². The first kappa shape index (κ1) is 31.9. The van der Waals surface area contributed by atoms with Gasteiger partial charge in [0.1, 0.15) is 11.2 Å². The molecule has 0 aliphatic heterocycles. The zero-order chi connectivity index (χ0) is 37.0. The smallest absolute Gasteiger partial charge is 0.164 e. The van der Waals surface area contributed by atoms with Crippen LogP contribution in [0.25, 0.3) is 106 Å². The van der Waals surface area contributed by atoms with E-state index in [1.807, 2.05) is 48.5 Å². The Bertz CT molecular complexity index is 3240. The van der Waals surface area contributed by atoms with E-state index in [0.717, 1.165) is 72.0 Å². The summed E-state index contributed by atoms with van der Waals surface area (Å²) >= 11 is 0. The molecule has 0 aliphatic rings. The lowest BCUT2D eigenvalue weighted by atomic mass is 9.98. The average Bonchev–Trinajstić information content (AvgIpc) is 3.83. The quantitative estimate of drug-likeness (QED) is 0.172. The molecular formula is C51H32N4O. The number of furan rings is 1. The first-order valence-electron chi connectivity index (χ1n) is 18.8. The Morgan fingerprint density at radius 2 is 0.875 bits per heavy atom. The lowest BCUT2D eigenvalue weighted by Gasteiger charge is -2.12. The Morgan fingerprint density at radius 3 is 1.66 bits per heavy atom. The van der Waals surface area contributed by atoms with Gasteiger partial charge in [-0.3, -0.25) is 0 Å². The van der Waals surface area contributed by atoms with Gasteiger partial charge in [-0.25, -0.2) is 15.0 Å². The average molecular weight is 717 g/mol. The molecule has 56 heavy (non-hydrogen) atoms. The molecular weight excluding hydrogens is 685 g/mol. The van der Waals surface area contributed by atoms with Crippen molar-refractivity contribution in [2.24, 2.45) is 0 Å². The van der Waals surface area contributed by atoms with Crippen molar-refractivity contribution in [1.82, 2.24) is 19.5 Å². The van der Waals surface area contributed by atoms with E-state index in [1.165, 1.54) is 16.3 Å². The summed E-state index contributed by atoms with van der Waals surface area (Å²) in [4.78, 5) is 15.1. The predicted molar refractivity (Wildman–Crippen MR) is 229 cm³/mol. The van der Waals surface area contributed by atoms with E-state index in [4.69, 9.17) is 19.4 Å². The van der Waals surface area contributed by atoms with E-state index in [0.29, 0.717) is 17.5 Å². The number of aromatic nitrogens is 4. The molecule has 8 aromatic carbocycles. The molecule has 5 heteroatoms. The van der Waals surface area contributed by atoms with Crippen molar-refractivity contribution in [3.63, 3.8) is 0 Å². The van der Waals surface area contributed by atoms with Crippen LogP contribution in [0, 0.1) is 0 Å². The first-order valence-corrected chi connectivity index (χ1v) is 18.8. The highest BCUT2D eigenvalue weighted by Gasteiger charge is 2.18. The Balaban J connectivity index is 1.05. The minimum absolute atomic E-state index is 0.617. The number of hydrogen-bond acceptors (Lipinski definition) is 4. The van der Waals surface area contributed by atoms with Crippen molar-refractivity contribution >= 4 is 43.7 Å². The van der Waals surface area contributed by atoms with Crippen molar-refractivity contribution < 1.29 is 4.42 Å². The van der Waals surface area contributed by atoms with Gasteiger partial charge < -0.3 is 8.98 Å². The number of rotatable bonds is 6. The summed E-state index contributed by atoms with van der Waals surface area (Å²) in [6.45, 7) is 0. The number of hydrogen-bond donors (Lipinski definition) is 0. The molecule has 0 saturated carbocycles. The maximum atomic E-state index is 6.25. The van der Waals surface area contributed by atoms with E-state index < -0.39 is 0 Å². The number of para-hydroxylation sites is 2. The number of fused-ring (bicyclic) bond motifs is 6. The minimum Gasteiger partial charge on any atom is -0.456 e. The SMILES string of the molecule is c1ccc(-c2ccc(-c3nc(-c4ccccc4)nc(-c4cccc(-n5c6ccccc6c6cc(-c7cccc8oc9ccccc9c78)ccc65)c4)n3)cc2)cc1. The second-order valence-electron chi connectivity index (χ2n) is 14.0. The van der Waals surface area contributed by atoms with Crippen molar-refractivity contribution in [2.45, 2.75) is 0 Å². The number of benzene rings is 8. The summed E-state index contributed by atoms with van der Waals surface area (Å²) in [5, 5.41) is 4.63. The summed E-state index contributed by atoms with van der Waals surface area (Å²) in [7, 11) is 0. The second kappa shape index (κ2) is 13.0. The van der Waals surface area contributed by atoms with Crippen molar-refractivity contribution in [2.75, 3.05) is 0 Å². The molecule has 0 radical (unpaired) electrons. The predicted octanol–water partition coefficient (Wildman–Crippen LogP) is 13.2. The summed E-state index contributed by atoms with van der Waals surface area (Å²) in [5.74, 6) is 1.88. The Labute approximate surface area is 322 Å².